The van der Waals surface area contributed by atoms with Gasteiger partial charge in [0.05, 0.1) is 0 Å². The van der Waals surface area contributed by atoms with Gasteiger partial charge in [0, 0.05) is 17.3 Å². The molecular weight excluding hydrogens is 326 g/mol. The number of hydrogen-bond donors (Lipinski definition) is 0. The monoisotopic (exact) mass is 331 g/mol. The summed E-state index contributed by atoms with van der Waals surface area (Å²) in [5.41, 5.74) is -0.160. The Hall–Kier alpha value is -0.300. The maximum Gasteiger partial charge on any atom is 0.266 e. The summed E-state index contributed by atoms with van der Waals surface area (Å²) in [6.45, 7) is 1.54. The maximum atomic E-state index is 12.4. The van der Waals surface area contributed by atoms with Crippen molar-refractivity contribution >= 4 is 39.4 Å². The topological polar surface area (TPSA) is 30.0 Å². The van der Waals surface area contributed by atoms with Crippen molar-refractivity contribution in [2.75, 3.05) is 0 Å². The minimum Gasteiger partial charge on any atom is -0.276 e. The molecule has 0 bridgehead atoms. The van der Waals surface area contributed by atoms with Crippen molar-refractivity contribution < 1.29 is 13.6 Å². The van der Waals surface area contributed by atoms with Gasteiger partial charge in [-0.1, -0.05) is 0 Å². The fourth-order valence-electron chi connectivity index (χ4n) is 1.03. The molecule has 0 saturated heterocycles. The fourth-order valence-corrected chi connectivity index (χ4v) is 1.69. The summed E-state index contributed by atoms with van der Waals surface area (Å²) >= 11 is 7.08. The highest BCUT2D eigenvalue weighted by molar-refractivity contribution is 14.1. The van der Waals surface area contributed by atoms with Crippen LogP contribution in [0, 0.1) is 10.6 Å². The maximum absolute atomic E-state index is 12.4. The van der Waals surface area contributed by atoms with Gasteiger partial charge in [0.25, 0.3) is 11.7 Å². The van der Waals surface area contributed by atoms with Crippen LogP contribution in [0.25, 0.3) is 0 Å². The largest absolute Gasteiger partial charge is 0.276 e. The van der Waals surface area contributed by atoms with E-state index < -0.39 is 17.2 Å². The molecule has 1 rings (SSSR count). The van der Waals surface area contributed by atoms with Gasteiger partial charge in [0.15, 0.2) is 0 Å². The first kappa shape index (κ1) is 11.8. The SMILES string of the molecule is Cc1c(I)ncc(C(F)F)c1C(=O)Cl. The summed E-state index contributed by atoms with van der Waals surface area (Å²) in [7, 11) is 0. The third-order valence-corrected chi connectivity index (χ3v) is 3.00. The van der Waals surface area contributed by atoms with Crippen LogP contribution in [0.3, 0.4) is 0 Å². The van der Waals surface area contributed by atoms with E-state index in [0.717, 1.165) is 6.20 Å². The highest BCUT2D eigenvalue weighted by Gasteiger charge is 2.21. The molecule has 0 aliphatic heterocycles. The van der Waals surface area contributed by atoms with Gasteiger partial charge in [-0.05, 0) is 46.7 Å². The normalized spacial score (nSPS) is 10.7. The van der Waals surface area contributed by atoms with E-state index in [0.29, 0.717) is 9.26 Å². The van der Waals surface area contributed by atoms with Crippen LogP contribution in [0.5, 0.6) is 0 Å². The number of aromatic nitrogens is 1. The number of hydrogen-bond acceptors (Lipinski definition) is 2. The Kier molecular flexibility index (Phi) is 3.77. The number of rotatable bonds is 2. The van der Waals surface area contributed by atoms with Crippen molar-refractivity contribution in [3.8, 4) is 0 Å². The zero-order valence-corrected chi connectivity index (χ0v) is 9.94. The molecule has 1 aromatic heterocycles. The number of carbonyl (C=O) groups excluding carboxylic acids is 1. The molecule has 0 aliphatic carbocycles. The average Bonchev–Trinajstić information content (AvgIpc) is 2.08. The van der Waals surface area contributed by atoms with Crippen molar-refractivity contribution in [1.29, 1.82) is 0 Å². The van der Waals surface area contributed by atoms with Gasteiger partial charge in [0.2, 0.25) is 0 Å². The Labute approximate surface area is 97.8 Å². The first-order valence-corrected chi connectivity index (χ1v) is 5.03. The minimum absolute atomic E-state index is 0.138. The van der Waals surface area contributed by atoms with Crippen LogP contribution in [-0.4, -0.2) is 10.2 Å². The van der Waals surface area contributed by atoms with Gasteiger partial charge in [-0.15, -0.1) is 0 Å². The first-order chi connectivity index (χ1) is 6.45. The van der Waals surface area contributed by atoms with Crippen molar-refractivity contribution in [2.45, 2.75) is 13.3 Å². The molecule has 0 spiro atoms. The quantitative estimate of drug-likeness (QED) is 0.473. The molecular formula is C8H5ClF2INO. The Morgan fingerprint density at radius 2 is 2.21 bits per heavy atom. The first-order valence-electron chi connectivity index (χ1n) is 3.58. The number of pyridine rings is 1. The van der Waals surface area contributed by atoms with E-state index in [1.807, 2.05) is 22.6 Å². The van der Waals surface area contributed by atoms with E-state index in [2.05, 4.69) is 4.98 Å². The predicted octanol–water partition coefficient (Wildman–Crippen LogP) is 3.31. The van der Waals surface area contributed by atoms with Gasteiger partial charge in [-0.2, -0.15) is 0 Å². The highest BCUT2D eigenvalue weighted by atomic mass is 127. The number of alkyl halides is 2. The van der Waals surface area contributed by atoms with Gasteiger partial charge in [-0.3, -0.25) is 4.79 Å². The fraction of sp³-hybridized carbons (Fsp3) is 0.250. The van der Waals surface area contributed by atoms with Crippen LogP contribution < -0.4 is 0 Å². The second kappa shape index (κ2) is 4.48. The number of carbonyl (C=O) groups is 1. The van der Waals surface area contributed by atoms with Gasteiger partial charge < -0.3 is 0 Å². The van der Waals surface area contributed by atoms with E-state index >= 15 is 0 Å². The van der Waals surface area contributed by atoms with Gasteiger partial charge >= 0.3 is 0 Å². The molecule has 0 unspecified atom stereocenters. The smallest absolute Gasteiger partial charge is 0.266 e. The molecule has 76 valence electrons. The molecule has 0 saturated carbocycles. The van der Waals surface area contributed by atoms with Crippen molar-refractivity contribution in [1.82, 2.24) is 4.98 Å². The second-order valence-corrected chi connectivity index (χ2v) is 3.94. The third kappa shape index (κ3) is 2.20. The van der Waals surface area contributed by atoms with E-state index in [1.54, 1.807) is 0 Å². The van der Waals surface area contributed by atoms with Crippen molar-refractivity contribution in [2.24, 2.45) is 0 Å². The van der Waals surface area contributed by atoms with Crippen LogP contribution in [0.4, 0.5) is 8.78 Å². The molecule has 14 heavy (non-hydrogen) atoms. The zero-order valence-electron chi connectivity index (χ0n) is 7.02. The second-order valence-electron chi connectivity index (χ2n) is 2.58. The van der Waals surface area contributed by atoms with E-state index in [1.165, 1.54) is 6.92 Å². The van der Waals surface area contributed by atoms with E-state index in [9.17, 15) is 13.6 Å². The Bertz CT molecular complexity index is 384. The van der Waals surface area contributed by atoms with Crippen molar-refractivity contribution in [3.63, 3.8) is 0 Å². The molecule has 1 heterocycles. The molecule has 0 amide bonds. The van der Waals surface area contributed by atoms with Crippen molar-refractivity contribution in [3.05, 3.63) is 26.6 Å². The lowest BCUT2D eigenvalue weighted by Gasteiger charge is -2.08. The predicted molar refractivity (Wildman–Crippen MR) is 56.8 cm³/mol. The van der Waals surface area contributed by atoms with E-state index in [-0.39, 0.29) is 5.56 Å². The minimum atomic E-state index is -2.74. The van der Waals surface area contributed by atoms with Crippen LogP contribution in [0.1, 0.15) is 27.9 Å². The molecule has 2 nitrogen and oxygen atoms in total. The summed E-state index contributed by atoms with van der Waals surface area (Å²) in [6, 6.07) is 0. The van der Waals surface area contributed by atoms with Gasteiger partial charge in [-0.25, -0.2) is 13.8 Å². The summed E-state index contributed by atoms with van der Waals surface area (Å²) in [5, 5.41) is -0.877. The third-order valence-electron chi connectivity index (χ3n) is 1.72. The molecule has 1 aromatic rings. The molecule has 0 aliphatic rings. The van der Waals surface area contributed by atoms with E-state index in [4.69, 9.17) is 11.6 Å². The highest BCUT2D eigenvalue weighted by Crippen LogP contribution is 2.27. The lowest BCUT2D eigenvalue weighted by atomic mass is 10.1. The zero-order chi connectivity index (χ0) is 10.9. The van der Waals surface area contributed by atoms with Crippen LogP contribution in [0.2, 0.25) is 0 Å². The molecule has 0 fully saturated rings. The Morgan fingerprint density at radius 3 is 2.64 bits per heavy atom. The lowest BCUT2D eigenvalue weighted by Crippen LogP contribution is -2.05. The molecule has 6 heteroatoms. The molecule has 0 N–H and O–H groups in total. The summed E-state index contributed by atoms with van der Waals surface area (Å²) in [5.74, 6) is 0. The molecule has 0 atom stereocenters. The average molecular weight is 331 g/mol. The standard InChI is InChI=1S/C8H5ClF2INO/c1-3-5(6(9)14)4(7(10)11)2-13-8(3)12/h2,7H,1H3. The summed E-state index contributed by atoms with van der Waals surface area (Å²) in [6.07, 6.45) is -1.76. The summed E-state index contributed by atoms with van der Waals surface area (Å²) in [4.78, 5) is 14.7. The summed E-state index contributed by atoms with van der Waals surface area (Å²) < 4.78 is 25.4. The Balaban J connectivity index is 3.45. The number of halogens is 4. The van der Waals surface area contributed by atoms with Crippen LogP contribution in [0.15, 0.2) is 6.20 Å². The number of nitrogens with zero attached hydrogens (tertiary/aromatic N) is 1. The molecule has 0 radical (unpaired) electrons. The van der Waals surface area contributed by atoms with Crippen LogP contribution >= 0.6 is 34.2 Å². The lowest BCUT2D eigenvalue weighted by molar-refractivity contribution is 0.106. The van der Waals surface area contributed by atoms with Crippen LogP contribution in [-0.2, 0) is 0 Å². The van der Waals surface area contributed by atoms with Gasteiger partial charge in [0.1, 0.15) is 3.70 Å². The molecule has 0 aromatic carbocycles. The Morgan fingerprint density at radius 1 is 1.64 bits per heavy atom.